The van der Waals surface area contributed by atoms with E-state index in [2.05, 4.69) is 57.7 Å². The molecule has 0 aliphatic carbocycles. The van der Waals surface area contributed by atoms with E-state index >= 15 is 0 Å². The van der Waals surface area contributed by atoms with E-state index in [-0.39, 0.29) is 0 Å². The molecule has 2 heterocycles. The lowest BCUT2D eigenvalue weighted by Gasteiger charge is -2.30. The number of aromatic amines is 1. The Labute approximate surface area is 146 Å². The highest BCUT2D eigenvalue weighted by molar-refractivity contribution is 7.99. The number of hydrogen-bond donors (Lipinski definition) is 2. The molecule has 5 heteroatoms. The number of aromatic nitrogens is 1. The van der Waals surface area contributed by atoms with Crippen molar-refractivity contribution >= 4 is 28.4 Å². The smallest absolute Gasteiger partial charge is 0.206 e. The van der Waals surface area contributed by atoms with Gasteiger partial charge in [-0.1, -0.05) is 42.1 Å². The number of benzene rings is 2. The molecule has 0 unspecified atom stereocenters. The first-order chi connectivity index (χ1) is 11.9. The van der Waals surface area contributed by atoms with Crippen LogP contribution in [-0.2, 0) is 0 Å². The second-order valence-electron chi connectivity index (χ2n) is 5.84. The van der Waals surface area contributed by atoms with Crippen LogP contribution in [0.4, 0.5) is 5.69 Å². The molecule has 0 amide bonds. The largest absolute Gasteiger partial charge is 0.481 e. The molecule has 2 N–H and O–H groups in total. The summed E-state index contributed by atoms with van der Waals surface area (Å²) in [7, 11) is 1.72. The number of methoxy groups -OCH3 is 1. The summed E-state index contributed by atoms with van der Waals surface area (Å²) >= 11 is 1.78. The molecule has 0 bridgehead atoms. The lowest BCUT2D eigenvalue weighted by molar-refractivity contribution is 0.392. The van der Waals surface area contributed by atoms with Crippen LogP contribution in [0.5, 0.6) is 5.88 Å². The zero-order valence-electron chi connectivity index (χ0n) is 13.7. The molecule has 1 aliphatic heterocycles. The van der Waals surface area contributed by atoms with Crippen molar-refractivity contribution in [2.45, 2.75) is 9.79 Å². The summed E-state index contributed by atoms with van der Waals surface area (Å²) in [6, 6.07) is 17.0. The fourth-order valence-corrected chi connectivity index (χ4v) is 4.34. The molecule has 0 radical (unpaired) electrons. The van der Waals surface area contributed by atoms with Crippen molar-refractivity contribution in [3.8, 4) is 5.88 Å². The monoisotopic (exact) mass is 339 g/mol. The van der Waals surface area contributed by atoms with Gasteiger partial charge in [-0.2, -0.15) is 0 Å². The van der Waals surface area contributed by atoms with E-state index in [9.17, 15) is 0 Å². The highest BCUT2D eigenvalue weighted by Crippen LogP contribution is 2.43. The highest BCUT2D eigenvalue weighted by Gasteiger charge is 2.18. The standard InChI is InChI=1S/C19H21N3OS/c1-23-19-18(14-6-2-3-7-15(14)21-19)24-17-9-5-4-8-16(17)22-12-10-20-11-13-22/h2-9,20-21H,10-13H2,1H3. The molecule has 4 rings (SSSR count). The third kappa shape index (κ3) is 2.85. The van der Waals surface area contributed by atoms with E-state index in [0.717, 1.165) is 42.5 Å². The van der Waals surface area contributed by atoms with Crippen molar-refractivity contribution in [1.82, 2.24) is 10.3 Å². The number of para-hydroxylation sites is 2. The Morgan fingerprint density at radius 2 is 1.75 bits per heavy atom. The van der Waals surface area contributed by atoms with Crippen molar-refractivity contribution in [2.24, 2.45) is 0 Å². The van der Waals surface area contributed by atoms with Gasteiger partial charge in [0, 0.05) is 42.0 Å². The summed E-state index contributed by atoms with van der Waals surface area (Å²) in [4.78, 5) is 8.24. The van der Waals surface area contributed by atoms with E-state index in [1.807, 2.05) is 6.07 Å². The minimum atomic E-state index is 0.830. The molecule has 0 saturated carbocycles. The Kier molecular flexibility index (Phi) is 4.36. The maximum Gasteiger partial charge on any atom is 0.206 e. The van der Waals surface area contributed by atoms with Gasteiger partial charge < -0.3 is 19.9 Å². The van der Waals surface area contributed by atoms with Gasteiger partial charge in [0.25, 0.3) is 0 Å². The molecule has 3 aromatic rings. The number of ether oxygens (including phenoxy) is 1. The van der Waals surface area contributed by atoms with Crippen LogP contribution in [0.1, 0.15) is 0 Å². The molecule has 24 heavy (non-hydrogen) atoms. The summed E-state index contributed by atoms with van der Waals surface area (Å²) in [5.74, 6) is 0.830. The second kappa shape index (κ2) is 6.79. The Bertz CT molecular complexity index is 839. The van der Waals surface area contributed by atoms with Crippen LogP contribution in [-0.4, -0.2) is 38.3 Å². The molecule has 4 nitrogen and oxygen atoms in total. The lowest BCUT2D eigenvalue weighted by atomic mass is 10.2. The first-order valence-electron chi connectivity index (χ1n) is 8.24. The maximum atomic E-state index is 5.59. The van der Waals surface area contributed by atoms with Gasteiger partial charge in [-0.15, -0.1) is 0 Å². The van der Waals surface area contributed by atoms with Crippen LogP contribution in [0.3, 0.4) is 0 Å². The van der Waals surface area contributed by atoms with Crippen LogP contribution >= 0.6 is 11.8 Å². The van der Waals surface area contributed by atoms with Crippen molar-refractivity contribution in [3.63, 3.8) is 0 Å². The summed E-state index contributed by atoms with van der Waals surface area (Å²) < 4.78 is 5.59. The summed E-state index contributed by atoms with van der Waals surface area (Å²) in [5.41, 5.74) is 2.41. The number of fused-ring (bicyclic) bond motifs is 1. The molecule has 0 atom stereocenters. The number of nitrogens with one attached hydrogen (secondary N) is 2. The number of nitrogens with zero attached hydrogens (tertiary/aromatic N) is 1. The minimum Gasteiger partial charge on any atom is -0.481 e. The number of rotatable bonds is 4. The van der Waals surface area contributed by atoms with Crippen molar-refractivity contribution in [3.05, 3.63) is 48.5 Å². The van der Waals surface area contributed by atoms with Crippen LogP contribution in [0.25, 0.3) is 10.9 Å². The van der Waals surface area contributed by atoms with Gasteiger partial charge in [-0.3, -0.25) is 0 Å². The fourth-order valence-electron chi connectivity index (χ4n) is 3.16. The Morgan fingerprint density at radius 1 is 1.00 bits per heavy atom. The Balaban J connectivity index is 1.73. The van der Waals surface area contributed by atoms with Crippen LogP contribution in [0, 0.1) is 0 Å². The van der Waals surface area contributed by atoms with Crippen LogP contribution < -0.4 is 15.0 Å². The lowest BCUT2D eigenvalue weighted by Crippen LogP contribution is -2.43. The zero-order chi connectivity index (χ0) is 16.4. The Morgan fingerprint density at radius 3 is 2.58 bits per heavy atom. The molecule has 1 saturated heterocycles. The average molecular weight is 339 g/mol. The van der Waals surface area contributed by atoms with Crippen molar-refractivity contribution in [1.29, 1.82) is 0 Å². The number of anilines is 1. The fraction of sp³-hybridized carbons (Fsp3) is 0.263. The van der Waals surface area contributed by atoms with E-state index in [4.69, 9.17) is 4.74 Å². The van der Waals surface area contributed by atoms with E-state index in [1.54, 1.807) is 18.9 Å². The quantitative estimate of drug-likeness (QED) is 0.760. The van der Waals surface area contributed by atoms with Gasteiger partial charge >= 0.3 is 0 Å². The van der Waals surface area contributed by atoms with Gasteiger partial charge in [0.05, 0.1) is 17.7 Å². The summed E-state index contributed by atoms with van der Waals surface area (Å²) in [6.07, 6.45) is 0. The SMILES string of the molecule is COc1[nH]c2ccccc2c1Sc1ccccc1N1CCNCC1. The first kappa shape index (κ1) is 15.4. The molecule has 0 spiro atoms. The van der Waals surface area contributed by atoms with E-state index in [1.165, 1.54) is 16.0 Å². The third-order valence-electron chi connectivity index (χ3n) is 4.37. The topological polar surface area (TPSA) is 40.3 Å². The van der Waals surface area contributed by atoms with Gasteiger partial charge in [0.1, 0.15) is 0 Å². The van der Waals surface area contributed by atoms with Gasteiger partial charge in [-0.05, 0) is 18.2 Å². The zero-order valence-corrected chi connectivity index (χ0v) is 14.5. The van der Waals surface area contributed by atoms with Crippen molar-refractivity contribution in [2.75, 3.05) is 38.2 Å². The number of H-pyrrole nitrogens is 1. The molecule has 2 aromatic carbocycles. The summed E-state index contributed by atoms with van der Waals surface area (Å²) in [5, 5.41) is 4.62. The molecular weight excluding hydrogens is 318 g/mol. The van der Waals surface area contributed by atoms with Gasteiger partial charge in [-0.25, -0.2) is 0 Å². The van der Waals surface area contributed by atoms with Crippen LogP contribution in [0.15, 0.2) is 58.3 Å². The molecular formula is C19H21N3OS. The average Bonchev–Trinajstić information content (AvgIpc) is 3.01. The third-order valence-corrected chi connectivity index (χ3v) is 5.54. The summed E-state index contributed by atoms with van der Waals surface area (Å²) in [6.45, 7) is 4.16. The first-order valence-corrected chi connectivity index (χ1v) is 9.05. The molecule has 1 aliphatic rings. The molecule has 1 fully saturated rings. The number of hydrogen-bond acceptors (Lipinski definition) is 4. The minimum absolute atomic E-state index is 0.830. The van der Waals surface area contributed by atoms with Gasteiger partial charge in [0.2, 0.25) is 5.88 Å². The predicted molar refractivity (Wildman–Crippen MR) is 100 cm³/mol. The predicted octanol–water partition coefficient (Wildman–Crippen LogP) is 3.74. The highest BCUT2D eigenvalue weighted by atomic mass is 32.2. The second-order valence-corrected chi connectivity index (χ2v) is 6.89. The van der Waals surface area contributed by atoms with Crippen molar-refractivity contribution < 1.29 is 4.74 Å². The normalized spacial score (nSPS) is 15.0. The van der Waals surface area contributed by atoms with Gasteiger partial charge in [0.15, 0.2) is 0 Å². The van der Waals surface area contributed by atoms with E-state index in [0.29, 0.717) is 0 Å². The Hall–Kier alpha value is -2.11. The molecule has 1 aromatic heterocycles. The number of piperazine rings is 1. The molecule has 124 valence electrons. The van der Waals surface area contributed by atoms with Crippen LogP contribution in [0.2, 0.25) is 0 Å². The van der Waals surface area contributed by atoms with E-state index < -0.39 is 0 Å². The maximum absolute atomic E-state index is 5.59.